The molecule has 0 amide bonds. The first-order chi connectivity index (χ1) is 7.86. The second-order valence-electron chi connectivity index (χ2n) is 3.45. The Kier molecular flexibility index (Phi) is 1.93. The Bertz CT molecular complexity index is 596. The van der Waals surface area contributed by atoms with E-state index in [4.69, 9.17) is 9.15 Å². The molecule has 4 nitrogen and oxygen atoms in total. The van der Waals surface area contributed by atoms with Crippen LogP contribution in [0.25, 0.3) is 17.1 Å². The molecule has 1 aromatic carbocycles. The predicted octanol–water partition coefficient (Wildman–Crippen LogP) is 2.60. The molecule has 0 N–H and O–H groups in total. The fourth-order valence-electron chi connectivity index (χ4n) is 1.65. The maximum Gasteiger partial charge on any atom is 0.306 e. The number of nitrogens with zero attached hydrogens (tertiary/aromatic N) is 2. The molecule has 3 rings (SSSR count). The first-order valence-corrected chi connectivity index (χ1v) is 4.93. The number of fused-ring (bicyclic) bond motifs is 1. The van der Waals surface area contributed by atoms with Crippen molar-refractivity contribution in [3.05, 3.63) is 42.9 Å². The zero-order chi connectivity index (χ0) is 11.0. The van der Waals surface area contributed by atoms with Gasteiger partial charge in [0.15, 0.2) is 0 Å². The maximum absolute atomic E-state index is 5.20. The molecule has 0 saturated carbocycles. The average Bonchev–Trinajstić information content (AvgIpc) is 2.89. The van der Waals surface area contributed by atoms with E-state index in [-0.39, 0.29) is 0 Å². The van der Waals surface area contributed by atoms with Crippen LogP contribution in [0.1, 0.15) is 0 Å². The molecule has 0 spiro atoms. The fraction of sp³-hybridized carbons (Fsp3) is 0.0833. The summed E-state index contributed by atoms with van der Waals surface area (Å²) < 4.78 is 12.2. The lowest BCUT2D eigenvalue weighted by molar-refractivity contribution is 0.415. The van der Waals surface area contributed by atoms with Crippen molar-refractivity contribution in [1.82, 2.24) is 9.38 Å². The summed E-state index contributed by atoms with van der Waals surface area (Å²) in [6.07, 6.45) is 5.36. The van der Waals surface area contributed by atoms with Gasteiger partial charge in [-0.3, -0.25) is 4.40 Å². The molecule has 0 radical (unpaired) electrons. The van der Waals surface area contributed by atoms with Gasteiger partial charge in [-0.15, -0.1) is 0 Å². The molecule has 0 atom stereocenters. The summed E-state index contributed by atoms with van der Waals surface area (Å²) >= 11 is 0. The molecule has 16 heavy (non-hydrogen) atoms. The number of aromatic nitrogens is 2. The van der Waals surface area contributed by atoms with Crippen molar-refractivity contribution < 1.29 is 9.15 Å². The van der Waals surface area contributed by atoms with Crippen LogP contribution in [0.5, 0.6) is 5.75 Å². The highest BCUT2D eigenvalue weighted by Gasteiger charge is 2.06. The zero-order valence-corrected chi connectivity index (χ0v) is 8.75. The van der Waals surface area contributed by atoms with Crippen LogP contribution in [0.2, 0.25) is 0 Å². The van der Waals surface area contributed by atoms with E-state index in [2.05, 4.69) is 4.98 Å². The van der Waals surface area contributed by atoms with Gasteiger partial charge in [-0.2, -0.15) is 4.98 Å². The first kappa shape index (κ1) is 9.03. The lowest BCUT2D eigenvalue weighted by atomic mass is 10.1. The minimum Gasteiger partial charge on any atom is -0.497 e. The van der Waals surface area contributed by atoms with E-state index in [0.717, 1.165) is 17.0 Å². The highest BCUT2D eigenvalue weighted by molar-refractivity contribution is 5.62. The monoisotopic (exact) mass is 214 g/mol. The molecule has 2 heterocycles. The van der Waals surface area contributed by atoms with Gasteiger partial charge in [0, 0.05) is 18.0 Å². The first-order valence-electron chi connectivity index (χ1n) is 4.93. The lowest BCUT2D eigenvalue weighted by Gasteiger charge is -2.00. The third kappa shape index (κ3) is 1.35. The SMILES string of the molecule is COc1cccc(-c2cn3ccoc3n2)c1. The number of oxazole rings is 1. The standard InChI is InChI=1S/C12H10N2O2/c1-15-10-4-2-3-9(7-10)11-8-14-5-6-16-12(14)13-11/h2-8H,1H3. The van der Waals surface area contributed by atoms with Crippen LogP contribution < -0.4 is 4.74 Å². The predicted molar refractivity (Wildman–Crippen MR) is 59.4 cm³/mol. The van der Waals surface area contributed by atoms with Crippen LogP contribution in [-0.2, 0) is 0 Å². The molecule has 0 aliphatic carbocycles. The highest BCUT2D eigenvalue weighted by Crippen LogP contribution is 2.23. The fourth-order valence-corrected chi connectivity index (χ4v) is 1.65. The molecule has 0 fully saturated rings. The molecule has 4 heteroatoms. The van der Waals surface area contributed by atoms with Crippen molar-refractivity contribution in [2.45, 2.75) is 0 Å². The van der Waals surface area contributed by atoms with Gasteiger partial charge in [-0.25, -0.2) is 0 Å². The smallest absolute Gasteiger partial charge is 0.306 e. The van der Waals surface area contributed by atoms with Crippen molar-refractivity contribution in [3.63, 3.8) is 0 Å². The Balaban J connectivity index is 2.11. The van der Waals surface area contributed by atoms with Gasteiger partial charge in [0.25, 0.3) is 0 Å². The highest BCUT2D eigenvalue weighted by atomic mass is 16.5. The Hall–Kier alpha value is -2.23. The van der Waals surface area contributed by atoms with Crippen LogP contribution in [0.15, 0.2) is 47.3 Å². The van der Waals surface area contributed by atoms with Crippen molar-refractivity contribution >= 4 is 5.84 Å². The Morgan fingerprint density at radius 3 is 3.12 bits per heavy atom. The van der Waals surface area contributed by atoms with E-state index >= 15 is 0 Å². The molecular weight excluding hydrogens is 204 g/mol. The number of rotatable bonds is 2. The average molecular weight is 214 g/mol. The summed E-state index contributed by atoms with van der Waals surface area (Å²) in [7, 11) is 1.65. The summed E-state index contributed by atoms with van der Waals surface area (Å²) in [6.45, 7) is 0. The second kappa shape index (κ2) is 3.41. The number of methoxy groups -OCH3 is 1. The van der Waals surface area contributed by atoms with E-state index in [9.17, 15) is 0 Å². The van der Waals surface area contributed by atoms with Gasteiger partial charge in [0.05, 0.1) is 12.8 Å². The van der Waals surface area contributed by atoms with Crippen molar-refractivity contribution in [2.75, 3.05) is 7.11 Å². The Labute approximate surface area is 92.1 Å². The van der Waals surface area contributed by atoms with Crippen LogP contribution in [0.3, 0.4) is 0 Å². The van der Waals surface area contributed by atoms with Gasteiger partial charge in [0.1, 0.15) is 12.0 Å². The van der Waals surface area contributed by atoms with Crippen molar-refractivity contribution in [3.8, 4) is 17.0 Å². The van der Waals surface area contributed by atoms with Crippen LogP contribution >= 0.6 is 0 Å². The van der Waals surface area contributed by atoms with Crippen molar-refractivity contribution in [1.29, 1.82) is 0 Å². The normalized spacial score (nSPS) is 10.8. The number of hydrogen-bond acceptors (Lipinski definition) is 3. The number of ether oxygens (including phenoxy) is 1. The summed E-state index contributed by atoms with van der Waals surface area (Å²) in [4.78, 5) is 4.36. The van der Waals surface area contributed by atoms with Gasteiger partial charge in [-0.05, 0) is 12.1 Å². The van der Waals surface area contributed by atoms with Gasteiger partial charge in [0.2, 0.25) is 0 Å². The maximum atomic E-state index is 5.20. The molecule has 80 valence electrons. The number of benzene rings is 1. The molecule has 0 unspecified atom stereocenters. The minimum absolute atomic E-state index is 0.595. The van der Waals surface area contributed by atoms with E-state index in [1.54, 1.807) is 13.4 Å². The summed E-state index contributed by atoms with van der Waals surface area (Å²) in [5.74, 6) is 1.42. The zero-order valence-electron chi connectivity index (χ0n) is 8.75. The van der Waals surface area contributed by atoms with Crippen LogP contribution in [-0.4, -0.2) is 16.5 Å². The third-order valence-corrected chi connectivity index (χ3v) is 2.46. The Morgan fingerprint density at radius 2 is 2.31 bits per heavy atom. The summed E-state index contributed by atoms with van der Waals surface area (Å²) in [5, 5.41) is 0. The Morgan fingerprint density at radius 1 is 1.38 bits per heavy atom. The topological polar surface area (TPSA) is 39.7 Å². The molecule has 0 aliphatic rings. The number of hydrogen-bond donors (Lipinski definition) is 0. The largest absolute Gasteiger partial charge is 0.497 e. The van der Waals surface area contributed by atoms with E-state index in [1.165, 1.54) is 0 Å². The molecule has 2 aromatic heterocycles. The third-order valence-electron chi connectivity index (χ3n) is 2.46. The second-order valence-corrected chi connectivity index (χ2v) is 3.45. The summed E-state index contributed by atoms with van der Waals surface area (Å²) in [6, 6.07) is 7.78. The van der Waals surface area contributed by atoms with Gasteiger partial charge >= 0.3 is 5.84 Å². The molecular formula is C12H10N2O2. The van der Waals surface area contributed by atoms with Crippen LogP contribution in [0, 0.1) is 0 Å². The summed E-state index contributed by atoms with van der Waals surface area (Å²) in [5.41, 5.74) is 1.89. The molecule has 3 aromatic rings. The lowest BCUT2D eigenvalue weighted by Crippen LogP contribution is -1.83. The molecule has 0 saturated heterocycles. The van der Waals surface area contributed by atoms with Gasteiger partial charge in [-0.1, -0.05) is 12.1 Å². The van der Waals surface area contributed by atoms with E-state index in [1.807, 2.05) is 41.1 Å². The van der Waals surface area contributed by atoms with Gasteiger partial charge < -0.3 is 9.15 Å². The number of imidazole rings is 1. The minimum atomic E-state index is 0.595. The van der Waals surface area contributed by atoms with Crippen molar-refractivity contribution in [2.24, 2.45) is 0 Å². The molecule has 0 bridgehead atoms. The van der Waals surface area contributed by atoms with Crippen LogP contribution in [0.4, 0.5) is 0 Å². The van der Waals surface area contributed by atoms with E-state index < -0.39 is 0 Å². The molecule has 0 aliphatic heterocycles. The van der Waals surface area contributed by atoms with E-state index in [0.29, 0.717) is 5.84 Å². The quantitative estimate of drug-likeness (QED) is 0.658.